The molecule has 190 valence electrons. The minimum atomic E-state index is -5.03. The Bertz CT molecular complexity index is 1460. The monoisotopic (exact) mass is 511 g/mol. The first kappa shape index (κ1) is 26.2. The van der Waals surface area contributed by atoms with E-state index in [1.54, 1.807) is 13.0 Å². The van der Waals surface area contributed by atoms with Crippen LogP contribution in [0.2, 0.25) is 0 Å². The van der Waals surface area contributed by atoms with Crippen LogP contribution in [-0.2, 0) is 18.0 Å². The maximum atomic E-state index is 14.5. The molecule has 2 aromatic heterocycles. The fourth-order valence-electron chi connectivity index (χ4n) is 2.98. The number of aromatic nitrogens is 3. The van der Waals surface area contributed by atoms with E-state index in [1.807, 2.05) is 0 Å². The number of rotatable bonds is 8. The molecule has 0 radical (unpaired) electrons. The maximum Gasteiger partial charge on any atom is 0.431 e. The number of pyridine rings is 1. The number of nitrogens with zero attached hydrogens (tertiary/aromatic N) is 3. The number of benzene rings is 1. The van der Waals surface area contributed by atoms with Crippen LogP contribution in [0.15, 0.2) is 64.1 Å². The normalized spacial score (nSPS) is 11.1. The molecule has 0 aliphatic carbocycles. The molecule has 0 saturated heterocycles. The summed E-state index contributed by atoms with van der Waals surface area (Å²) in [5.74, 6) is -4.46. The molecule has 8 nitrogen and oxygen atoms in total. The Morgan fingerprint density at radius 3 is 2.39 bits per heavy atom. The van der Waals surface area contributed by atoms with Crippen molar-refractivity contribution in [3.63, 3.8) is 0 Å². The molecule has 0 unspecified atom stereocenters. The van der Waals surface area contributed by atoms with Gasteiger partial charge in [0, 0.05) is 19.2 Å². The highest BCUT2D eigenvalue weighted by atomic mass is 19.4. The van der Waals surface area contributed by atoms with E-state index in [0.29, 0.717) is 6.61 Å². The Balaban J connectivity index is 2.05. The van der Waals surface area contributed by atoms with Crippen LogP contribution in [0.25, 0.3) is 5.82 Å². The van der Waals surface area contributed by atoms with Gasteiger partial charge in [0.15, 0.2) is 41.3 Å². The van der Waals surface area contributed by atoms with Gasteiger partial charge in [0.2, 0.25) is 0 Å². The van der Waals surface area contributed by atoms with Crippen molar-refractivity contribution in [3.05, 3.63) is 92.6 Å². The van der Waals surface area contributed by atoms with Crippen LogP contribution in [0.5, 0.6) is 17.4 Å². The summed E-state index contributed by atoms with van der Waals surface area (Å²) in [6, 6.07) is 6.27. The molecular formula is C23H18F5N3O5. The van der Waals surface area contributed by atoms with Crippen LogP contribution in [0.4, 0.5) is 22.0 Å². The van der Waals surface area contributed by atoms with Gasteiger partial charge in [-0.25, -0.2) is 18.1 Å². The van der Waals surface area contributed by atoms with Gasteiger partial charge in [0.1, 0.15) is 5.69 Å². The fourth-order valence-corrected chi connectivity index (χ4v) is 2.98. The lowest BCUT2D eigenvalue weighted by atomic mass is 10.3. The molecule has 0 saturated carbocycles. The number of hydrogen-bond donors (Lipinski definition) is 0. The van der Waals surface area contributed by atoms with Crippen molar-refractivity contribution < 1.29 is 36.2 Å². The largest absolute Gasteiger partial charge is 0.487 e. The maximum absolute atomic E-state index is 14.5. The van der Waals surface area contributed by atoms with Crippen LogP contribution in [0, 0.1) is 11.6 Å². The summed E-state index contributed by atoms with van der Waals surface area (Å²) in [7, 11) is 0.738. The van der Waals surface area contributed by atoms with E-state index in [-0.39, 0.29) is 45.1 Å². The number of ether oxygens (including phenoxy) is 3. The second-order valence-electron chi connectivity index (χ2n) is 6.99. The smallest absolute Gasteiger partial charge is 0.431 e. The zero-order valence-corrected chi connectivity index (χ0v) is 18.9. The van der Waals surface area contributed by atoms with Gasteiger partial charge in [-0.1, -0.05) is 24.4 Å². The minimum Gasteiger partial charge on any atom is -0.487 e. The topological polar surface area (TPSA) is 84.6 Å². The van der Waals surface area contributed by atoms with Crippen molar-refractivity contribution in [1.29, 1.82) is 0 Å². The fraction of sp³-hybridized carbons (Fsp3) is 0.217. The first-order chi connectivity index (χ1) is 17.0. The lowest BCUT2D eigenvalue weighted by Crippen LogP contribution is -2.41. The molecule has 0 aliphatic heterocycles. The zero-order chi connectivity index (χ0) is 26.6. The second kappa shape index (κ2) is 10.5. The standard InChI is InChI=1S/C23H18F5N3O5/c1-4-13(34-5-2)12-35-16-8-6-7-9-17(16)36-21-15(25)10-14(24)20(29-21)31-19(32)11-18(23(26,27)28)30(3)22(31)33/h6-11H,1,5,12H2,2-3H3. The van der Waals surface area contributed by atoms with Crippen LogP contribution in [-0.4, -0.2) is 27.3 Å². The highest BCUT2D eigenvalue weighted by Crippen LogP contribution is 2.33. The van der Waals surface area contributed by atoms with Crippen LogP contribution in [0.3, 0.4) is 0 Å². The van der Waals surface area contributed by atoms with Crippen molar-refractivity contribution in [2.45, 2.75) is 13.1 Å². The van der Waals surface area contributed by atoms with Gasteiger partial charge in [-0.2, -0.15) is 18.2 Å². The van der Waals surface area contributed by atoms with E-state index in [4.69, 9.17) is 14.2 Å². The van der Waals surface area contributed by atoms with E-state index in [9.17, 15) is 31.5 Å². The van der Waals surface area contributed by atoms with Gasteiger partial charge in [-0.15, -0.1) is 0 Å². The molecule has 36 heavy (non-hydrogen) atoms. The van der Waals surface area contributed by atoms with Gasteiger partial charge in [0.25, 0.3) is 11.4 Å². The summed E-state index contributed by atoms with van der Waals surface area (Å²) in [6.07, 6.45) is -5.03. The molecule has 0 N–H and O–H groups in total. The molecule has 0 amide bonds. The Labute approximate surface area is 200 Å². The predicted octanol–water partition coefficient (Wildman–Crippen LogP) is 4.10. The molecule has 0 fully saturated rings. The van der Waals surface area contributed by atoms with Gasteiger partial charge >= 0.3 is 11.9 Å². The average Bonchev–Trinajstić information content (AvgIpc) is 2.81. The van der Waals surface area contributed by atoms with E-state index in [2.05, 4.69) is 17.3 Å². The number of para-hydroxylation sites is 2. The number of hydrogen-bond acceptors (Lipinski definition) is 6. The third-order valence-electron chi connectivity index (χ3n) is 4.63. The van der Waals surface area contributed by atoms with Crippen molar-refractivity contribution in [1.82, 2.24) is 14.1 Å². The molecule has 13 heteroatoms. The molecule has 3 rings (SSSR count). The molecule has 0 atom stereocenters. The van der Waals surface area contributed by atoms with E-state index in [1.165, 1.54) is 18.2 Å². The Morgan fingerprint density at radius 1 is 1.11 bits per heavy atom. The summed E-state index contributed by atoms with van der Waals surface area (Å²) in [4.78, 5) is 28.4. The van der Waals surface area contributed by atoms with Crippen molar-refractivity contribution in [3.8, 4) is 23.2 Å². The quantitative estimate of drug-likeness (QED) is 0.257. The van der Waals surface area contributed by atoms with Crippen molar-refractivity contribution in [2.75, 3.05) is 13.2 Å². The summed E-state index contributed by atoms with van der Waals surface area (Å²) in [6.45, 7) is 5.43. The van der Waals surface area contributed by atoms with E-state index in [0.717, 1.165) is 7.05 Å². The lowest BCUT2D eigenvalue weighted by molar-refractivity contribution is -0.144. The highest BCUT2D eigenvalue weighted by Gasteiger charge is 2.35. The first-order valence-electron chi connectivity index (χ1n) is 10.2. The van der Waals surface area contributed by atoms with Crippen molar-refractivity contribution >= 4 is 0 Å². The first-order valence-corrected chi connectivity index (χ1v) is 10.2. The summed E-state index contributed by atoms with van der Waals surface area (Å²) in [5.41, 5.74) is -2.10. The SMILES string of the molecule is C=C=C(COc1ccccc1Oc1nc(-n2c(=O)cc(C(F)(F)F)n(C)c2=O)c(F)cc1F)OCC. The molecule has 0 aliphatic rings. The van der Waals surface area contributed by atoms with Crippen LogP contribution in [0.1, 0.15) is 12.6 Å². The summed E-state index contributed by atoms with van der Waals surface area (Å²) >= 11 is 0. The van der Waals surface area contributed by atoms with Gasteiger partial charge < -0.3 is 14.2 Å². The Kier molecular flexibility index (Phi) is 7.64. The van der Waals surface area contributed by atoms with Gasteiger partial charge in [0.05, 0.1) is 6.61 Å². The highest BCUT2D eigenvalue weighted by molar-refractivity contribution is 5.43. The molecule has 0 spiro atoms. The lowest BCUT2D eigenvalue weighted by Gasteiger charge is -2.15. The third-order valence-corrected chi connectivity index (χ3v) is 4.63. The summed E-state index contributed by atoms with van der Waals surface area (Å²) < 4.78 is 84.7. The average molecular weight is 511 g/mol. The molecule has 2 heterocycles. The van der Waals surface area contributed by atoms with Crippen LogP contribution >= 0.6 is 0 Å². The second-order valence-corrected chi connectivity index (χ2v) is 6.99. The third kappa shape index (κ3) is 5.47. The summed E-state index contributed by atoms with van der Waals surface area (Å²) in [5, 5.41) is 0. The Morgan fingerprint density at radius 2 is 1.78 bits per heavy atom. The predicted molar refractivity (Wildman–Crippen MR) is 116 cm³/mol. The number of halogens is 5. The van der Waals surface area contributed by atoms with Crippen LogP contribution < -0.4 is 20.7 Å². The molecule has 1 aromatic carbocycles. The molecular weight excluding hydrogens is 493 g/mol. The van der Waals surface area contributed by atoms with Crippen molar-refractivity contribution in [2.24, 2.45) is 7.05 Å². The van der Waals surface area contributed by atoms with Gasteiger partial charge in [-0.05, 0) is 19.1 Å². The number of alkyl halides is 3. The zero-order valence-electron chi connectivity index (χ0n) is 18.9. The Hall–Kier alpha value is -4.38. The molecule has 3 aromatic rings. The van der Waals surface area contributed by atoms with Gasteiger partial charge in [-0.3, -0.25) is 9.36 Å². The van der Waals surface area contributed by atoms with E-state index >= 15 is 0 Å². The minimum absolute atomic E-state index is 0.0303. The van der Waals surface area contributed by atoms with E-state index < -0.39 is 46.5 Å². The molecule has 0 bridgehead atoms.